The first-order valence-corrected chi connectivity index (χ1v) is 6.53. The van der Waals surface area contributed by atoms with Crippen molar-refractivity contribution in [1.82, 2.24) is 5.32 Å². The van der Waals surface area contributed by atoms with Crippen LogP contribution in [0.25, 0.3) is 0 Å². The van der Waals surface area contributed by atoms with Crippen LogP contribution in [-0.4, -0.2) is 12.1 Å². The van der Waals surface area contributed by atoms with Crippen molar-refractivity contribution in [2.45, 2.75) is 70.9 Å². The van der Waals surface area contributed by atoms with E-state index in [1.807, 2.05) is 0 Å². The van der Waals surface area contributed by atoms with Crippen LogP contribution in [0.1, 0.15) is 58.8 Å². The van der Waals surface area contributed by atoms with Crippen molar-refractivity contribution in [3.05, 3.63) is 0 Å². The Morgan fingerprint density at radius 1 is 1.00 bits per heavy atom. The minimum atomic E-state index is 0.778. The van der Waals surface area contributed by atoms with Gasteiger partial charge >= 0.3 is 0 Å². The summed E-state index contributed by atoms with van der Waals surface area (Å²) in [7, 11) is 0. The molecule has 82 valence electrons. The molecule has 0 bridgehead atoms. The van der Waals surface area contributed by atoms with Gasteiger partial charge in [0.25, 0.3) is 0 Å². The third kappa shape index (κ3) is 2.73. The largest absolute Gasteiger partial charge is 0.311 e. The molecule has 0 heterocycles. The summed E-state index contributed by atoms with van der Waals surface area (Å²) in [6.07, 6.45) is 10.1. The molecular formula is C13H25N. The second-order valence-electron chi connectivity index (χ2n) is 5.51. The van der Waals surface area contributed by atoms with Crippen LogP contribution in [0.3, 0.4) is 0 Å². The SMILES string of the molecule is CC1CCCCCC1NC(C)C1CC1. The van der Waals surface area contributed by atoms with Gasteiger partial charge in [-0.3, -0.25) is 0 Å². The fourth-order valence-corrected chi connectivity index (χ4v) is 2.81. The van der Waals surface area contributed by atoms with Gasteiger partial charge < -0.3 is 5.32 Å². The molecule has 2 rings (SSSR count). The highest BCUT2D eigenvalue weighted by Crippen LogP contribution is 2.33. The lowest BCUT2D eigenvalue weighted by molar-refractivity contribution is 0.314. The summed E-state index contributed by atoms with van der Waals surface area (Å²) in [4.78, 5) is 0. The van der Waals surface area contributed by atoms with Gasteiger partial charge in [-0.05, 0) is 44.4 Å². The topological polar surface area (TPSA) is 12.0 Å². The molecular weight excluding hydrogens is 170 g/mol. The van der Waals surface area contributed by atoms with Crippen molar-refractivity contribution in [3.8, 4) is 0 Å². The van der Waals surface area contributed by atoms with Gasteiger partial charge in [0.05, 0.1) is 0 Å². The van der Waals surface area contributed by atoms with Crippen LogP contribution in [-0.2, 0) is 0 Å². The van der Waals surface area contributed by atoms with E-state index in [4.69, 9.17) is 0 Å². The van der Waals surface area contributed by atoms with Gasteiger partial charge in [0, 0.05) is 12.1 Å². The van der Waals surface area contributed by atoms with Crippen LogP contribution in [0.2, 0.25) is 0 Å². The molecule has 14 heavy (non-hydrogen) atoms. The van der Waals surface area contributed by atoms with Gasteiger partial charge in [0.15, 0.2) is 0 Å². The van der Waals surface area contributed by atoms with Gasteiger partial charge in [0.1, 0.15) is 0 Å². The normalized spacial score (nSPS) is 36.4. The monoisotopic (exact) mass is 195 g/mol. The third-order valence-electron chi connectivity index (χ3n) is 4.17. The fraction of sp³-hybridized carbons (Fsp3) is 1.00. The highest BCUT2D eigenvalue weighted by atomic mass is 15.0. The van der Waals surface area contributed by atoms with Crippen molar-refractivity contribution in [3.63, 3.8) is 0 Å². The number of rotatable bonds is 3. The van der Waals surface area contributed by atoms with E-state index in [-0.39, 0.29) is 0 Å². The van der Waals surface area contributed by atoms with Crippen LogP contribution >= 0.6 is 0 Å². The van der Waals surface area contributed by atoms with Gasteiger partial charge in [-0.15, -0.1) is 0 Å². The first-order valence-electron chi connectivity index (χ1n) is 6.53. The predicted octanol–water partition coefficient (Wildman–Crippen LogP) is 3.34. The first-order chi connectivity index (χ1) is 6.77. The molecule has 0 spiro atoms. The van der Waals surface area contributed by atoms with E-state index in [0.29, 0.717) is 0 Å². The van der Waals surface area contributed by atoms with Crippen LogP contribution in [0.5, 0.6) is 0 Å². The van der Waals surface area contributed by atoms with Crippen molar-refractivity contribution in [1.29, 1.82) is 0 Å². The predicted molar refractivity (Wildman–Crippen MR) is 61.4 cm³/mol. The average Bonchev–Trinajstić information content (AvgIpc) is 2.95. The smallest absolute Gasteiger partial charge is 0.00952 e. The number of hydrogen-bond acceptors (Lipinski definition) is 1. The summed E-state index contributed by atoms with van der Waals surface area (Å²) in [6, 6.07) is 1.59. The average molecular weight is 195 g/mol. The summed E-state index contributed by atoms with van der Waals surface area (Å²) in [5.41, 5.74) is 0. The summed E-state index contributed by atoms with van der Waals surface area (Å²) in [6.45, 7) is 4.82. The van der Waals surface area contributed by atoms with Gasteiger partial charge in [-0.25, -0.2) is 0 Å². The summed E-state index contributed by atoms with van der Waals surface area (Å²) in [5, 5.41) is 3.87. The summed E-state index contributed by atoms with van der Waals surface area (Å²) >= 11 is 0. The van der Waals surface area contributed by atoms with E-state index >= 15 is 0 Å². The maximum atomic E-state index is 3.87. The summed E-state index contributed by atoms with van der Waals surface area (Å²) in [5.74, 6) is 1.91. The number of nitrogens with one attached hydrogen (secondary N) is 1. The molecule has 0 saturated heterocycles. The maximum Gasteiger partial charge on any atom is 0.00952 e. The highest BCUT2D eigenvalue weighted by molar-refractivity contribution is 4.87. The Hall–Kier alpha value is -0.0400. The molecule has 1 N–H and O–H groups in total. The zero-order chi connectivity index (χ0) is 9.97. The van der Waals surface area contributed by atoms with Crippen LogP contribution in [0, 0.1) is 11.8 Å². The van der Waals surface area contributed by atoms with Gasteiger partial charge in [-0.2, -0.15) is 0 Å². The Kier molecular flexibility index (Phi) is 3.48. The molecule has 2 saturated carbocycles. The van der Waals surface area contributed by atoms with Crippen LogP contribution < -0.4 is 5.32 Å². The highest BCUT2D eigenvalue weighted by Gasteiger charge is 2.30. The number of hydrogen-bond donors (Lipinski definition) is 1. The Morgan fingerprint density at radius 2 is 1.71 bits per heavy atom. The fourth-order valence-electron chi connectivity index (χ4n) is 2.81. The lowest BCUT2D eigenvalue weighted by atomic mass is 9.96. The Labute approximate surface area is 88.7 Å². The minimum absolute atomic E-state index is 0.778. The van der Waals surface area contributed by atoms with E-state index in [0.717, 1.165) is 23.9 Å². The second kappa shape index (κ2) is 4.65. The van der Waals surface area contributed by atoms with Crippen molar-refractivity contribution in [2.75, 3.05) is 0 Å². The standard InChI is InChI=1S/C13H25N/c1-10-6-4-3-5-7-13(10)14-11(2)12-8-9-12/h10-14H,3-9H2,1-2H3. The zero-order valence-corrected chi connectivity index (χ0v) is 9.76. The zero-order valence-electron chi connectivity index (χ0n) is 9.76. The Bertz CT molecular complexity index is 174. The van der Waals surface area contributed by atoms with E-state index in [1.165, 1.54) is 44.9 Å². The molecule has 3 atom stereocenters. The van der Waals surface area contributed by atoms with Crippen molar-refractivity contribution >= 4 is 0 Å². The molecule has 0 aromatic heterocycles. The van der Waals surface area contributed by atoms with Crippen molar-refractivity contribution < 1.29 is 0 Å². The van der Waals surface area contributed by atoms with E-state index in [1.54, 1.807) is 0 Å². The van der Waals surface area contributed by atoms with Gasteiger partial charge in [0.2, 0.25) is 0 Å². The van der Waals surface area contributed by atoms with Crippen molar-refractivity contribution in [2.24, 2.45) is 11.8 Å². The molecule has 3 unspecified atom stereocenters. The quantitative estimate of drug-likeness (QED) is 0.681. The Morgan fingerprint density at radius 3 is 2.43 bits per heavy atom. The lowest BCUT2D eigenvalue weighted by Crippen LogP contribution is -2.41. The van der Waals surface area contributed by atoms with Crippen LogP contribution in [0.15, 0.2) is 0 Å². The maximum absolute atomic E-state index is 3.87. The van der Waals surface area contributed by atoms with Crippen LogP contribution in [0.4, 0.5) is 0 Å². The molecule has 0 amide bonds. The van der Waals surface area contributed by atoms with E-state index in [9.17, 15) is 0 Å². The third-order valence-corrected chi connectivity index (χ3v) is 4.17. The molecule has 0 aliphatic heterocycles. The molecule has 0 aromatic carbocycles. The van der Waals surface area contributed by atoms with Gasteiger partial charge in [-0.1, -0.05) is 26.2 Å². The van der Waals surface area contributed by atoms with E-state index in [2.05, 4.69) is 19.2 Å². The molecule has 2 aliphatic rings. The molecule has 0 radical (unpaired) electrons. The first kappa shape index (κ1) is 10.5. The lowest BCUT2D eigenvalue weighted by Gasteiger charge is -2.26. The second-order valence-corrected chi connectivity index (χ2v) is 5.51. The molecule has 0 aromatic rings. The minimum Gasteiger partial charge on any atom is -0.311 e. The summed E-state index contributed by atoms with van der Waals surface area (Å²) < 4.78 is 0. The Balaban J connectivity index is 1.80. The molecule has 2 aliphatic carbocycles. The van der Waals surface area contributed by atoms with E-state index < -0.39 is 0 Å². The molecule has 1 heteroatoms. The molecule has 2 fully saturated rings. The molecule has 1 nitrogen and oxygen atoms in total.